The molecule has 150 valence electrons. The van der Waals surface area contributed by atoms with E-state index >= 15 is 0 Å². The van der Waals surface area contributed by atoms with Gasteiger partial charge in [-0.05, 0) is 67.8 Å². The number of hydrogen-bond donors (Lipinski definition) is 1. The van der Waals surface area contributed by atoms with Crippen molar-refractivity contribution in [2.75, 3.05) is 5.32 Å². The molecule has 29 heavy (non-hydrogen) atoms. The van der Waals surface area contributed by atoms with Gasteiger partial charge in [-0.3, -0.25) is 4.79 Å². The average Bonchev–Trinajstić information content (AvgIpc) is 2.74. The quantitative estimate of drug-likeness (QED) is 0.519. The number of ether oxygens (including phenoxy) is 2. The first-order valence-electron chi connectivity index (χ1n) is 9.95. The minimum absolute atomic E-state index is 0.113. The van der Waals surface area contributed by atoms with Crippen LogP contribution in [0.2, 0.25) is 0 Å². The van der Waals surface area contributed by atoms with Gasteiger partial charge in [-0.15, -0.1) is 0 Å². The number of anilines is 1. The highest BCUT2D eigenvalue weighted by atomic mass is 16.5. The van der Waals surface area contributed by atoms with Gasteiger partial charge in [-0.1, -0.05) is 49.4 Å². The van der Waals surface area contributed by atoms with Crippen LogP contribution in [0.1, 0.15) is 27.2 Å². The summed E-state index contributed by atoms with van der Waals surface area (Å²) in [6.07, 6.45) is 0.117. The number of hydrogen-bond acceptors (Lipinski definition) is 3. The molecule has 0 aliphatic heterocycles. The zero-order valence-electron chi connectivity index (χ0n) is 17.1. The standard InChI is InChI=1S/C25H27NO3/c1-4-24(25(27)26-21-12-16-22(17-13-21)28-18(2)3)29-23-14-10-20(11-15-23)19-8-6-5-7-9-19/h5-18,24H,4H2,1-3H3,(H,26,27). The summed E-state index contributed by atoms with van der Waals surface area (Å²) in [5, 5.41) is 2.91. The fraction of sp³-hybridized carbons (Fsp3) is 0.240. The summed E-state index contributed by atoms with van der Waals surface area (Å²) >= 11 is 0. The molecule has 0 fully saturated rings. The zero-order chi connectivity index (χ0) is 20.6. The summed E-state index contributed by atoms with van der Waals surface area (Å²) in [6.45, 7) is 5.89. The minimum atomic E-state index is -0.566. The predicted molar refractivity (Wildman–Crippen MR) is 117 cm³/mol. The molecule has 3 aromatic rings. The third kappa shape index (κ3) is 5.85. The summed E-state index contributed by atoms with van der Waals surface area (Å²) in [4.78, 5) is 12.6. The van der Waals surface area contributed by atoms with Crippen LogP contribution in [0, 0.1) is 0 Å². The third-order valence-electron chi connectivity index (χ3n) is 4.40. The predicted octanol–water partition coefficient (Wildman–Crippen LogP) is 5.94. The Morgan fingerprint density at radius 1 is 0.793 bits per heavy atom. The Bertz CT molecular complexity index is 903. The fourth-order valence-electron chi connectivity index (χ4n) is 2.95. The summed E-state index contributed by atoms with van der Waals surface area (Å²) in [5.74, 6) is 1.28. The Balaban J connectivity index is 1.61. The van der Waals surface area contributed by atoms with Crippen molar-refractivity contribution in [3.63, 3.8) is 0 Å². The molecule has 0 saturated carbocycles. The first kappa shape index (κ1) is 20.5. The Hall–Kier alpha value is -3.27. The van der Waals surface area contributed by atoms with Crippen molar-refractivity contribution in [1.29, 1.82) is 0 Å². The lowest BCUT2D eigenvalue weighted by molar-refractivity contribution is -0.122. The van der Waals surface area contributed by atoms with Gasteiger partial charge in [-0.25, -0.2) is 0 Å². The van der Waals surface area contributed by atoms with E-state index in [0.717, 1.165) is 16.9 Å². The summed E-state index contributed by atoms with van der Waals surface area (Å²) < 4.78 is 11.6. The largest absolute Gasteiger partial charge is 0.491 e. The maximum atomic E-state index is 12.6. The highest BCUT2D eigenvalue weighted by Crippen LogP contribution is 2.23. The maximum absolute atomic E-state index is 12.6. The number of carbonyl (C=O) groups is 1. The monoisotopic (exact) mass is 389 g/mol. The van der Waals surface area contributed by atoms with Crippen LogP contribution in [-0.2, 0) is 4.79 Å². The highest BCUT2D eigenvalue weighted by Gasteiger charge is 2.18. The van der Waals surface area contributed by atoms with Crippen molar-refractivity contribution >= 4 is 11.6 Å². The van der Waals surface area contributed by atoms with Gasteiger partial charge in [0.1, 0.15) is 11.5 Å². The van der Waals surface area contributed by atoms with Gasteiger partial charge in [0.25, 0.3) is 5.91 Å². The van der Waals surface area contributed by atoms with Crippen LogP contribution in [-0.4, -0.2) is 18.1 Å². The van der Waals surface area contributed by atoms with E-state index in [1.165, 1.54) is 0 Å². The summed E-state index contributed by atoms with van der Waals surface area (Å²) in [7, 11) is 0. The van der Waals surface area contributed by atoms with Gasteiger partial charge >= 0.3 is 0 Å². The lowest BCUT2D eigenvalue weighted by atomic mass is 10.1. The van der Waals surface area contributed by atoms with Gasteiger partial charge in [0, 0.05) is 5.69 Å². The second kappa shape index (κ2) is 9.78. The smallest absolute Gasteiger partial charge is 0.265 e. The molecule has 0 aromatic heterocycles. The van der Waals surface area contributed by atoms with Crippen LogP contribution in [0.4, 0.5) is 5.69 Å². The van der Waals surface area contributed by atoms with Crippen LogP contribution in [0.3, 0.4) is 0 Å². The molecule has 0 saturated heterocycles. The summed E-state index contributed by atoms with van der Waals surface area (Å²) in [5.41, 5.74) is 2.97. The zero-order valence-corrected chi connectivity index (χ0v) is 17.1. The molecule has 0 aliphatic rings. The first-order chi connectivity index (χ1) is 14.0. The molecule has 1 atom stereocenters. The maximum Gasteiger partial charge on any atom is 0.265 e. The van der Waals surface area contributed by atoms with E-state index in [4.69, 9.17) is 9.47 Å². The van der Waals surface area contributed by atoms with Crippen LogP contribution in [0.15, 0.2) is 78.9 Å². The van der Waals surface area contributed by atoms with Gasteiger partial charge in [0.05, 0.1) is 6.10 Å². The van der Waals surface area contributed by atoms with Gasteiger partial charge in [-0.2, -0.15) is 0 Å². The minimum Gasteiger partial charge on any atom is -0.491 e. The Morgan fingerprint density at radius 2 is 1.34 bits per heavy atom. The first-order valence-corrected chi connectivity index (χ1v) is 9.95. The Morgan fingerprint density at radius 3 is 1.93 bits per heavy atom. The van der Waals surface area contributed by atoms with Crippen LogP contribution in [0.25, 0.3) is 11.1 Å². The number of rotatable bonds is 8. The average molecular weight is 389 g/mol. The molecule has 1 N–H and O–H groups in total. The molecule has 0 spiro atoms. The lowest BCUT2D eigenvalue weighted by Gasteiger charge is -2.18. The van der Waals surface area contributed by atoms with E-state index in [9.17, 15) is 4.79 Å². The van der Waals surface area contributed by atoms with Crippen molar-refractivity contribution < 1.29 is 14.3 Å². The third-order valence-corrected chi connectivity index (χ3v) is 4.40. The van der Waals surface area contributed by atoms with E-state index in [1.807, 2.05) is 87.5 Å². The SMILES string of the molecule is CCC(Oc1ccc(-c2ccccc2)cc1)C(=O)Nc1ccc(OC(C)C)cc1. The molecule has 0 heterocycles. The van der Waals surface area contributed by atoms with Crippen molar-refractivity contribution in [2.24, 2.45) is 0 Å². The van der Waals surface area contributed by atoms with Crippen molar-refractivity contribution in [3.05, 3.63) is 78.9 Å². The summed E-state index contributed by atoms with van der Waals surface area (Å²) in [6, 6.07) is 25.3. The second-order valence-electron chi connectivity index (χ2n) is 7.09. The van der Waals surface area contributed by atoms with Crippen LogP contribution < -0.4 is 14.8 Å². The molecule has 0 bridgehead atoms. The Kier molecular flexibility index (Phi) is 6.90. The number of carbonyl (C=O) groups excluding carboxylic acids is 1. The lowest BCUT2D eigenvalue weighted by Crippen LogP contribution is -2.32. The van der Waals surface area contributed by atoms with E-state index in [-0.39, 0.29) is 12.0 Å². The molecule has 4 heteroatoms. The molecular formula is C25H27NO3. The Labute approximate surface area is 172 Å². The van der Waals surface area contributed by atoms with E-state index in [2.05, 4.69) is 17.4 Å². The molecule has 1 amide bonds. The normalized spacial score (nSPS) is 11.7. The molecule has 1 unspecified atom stereocenters. The van der Waals surface area contributed by atoms with Gasteiger partial charge in [0.2, 0.25) is 0 Å². The molecule has 3 aromatic carbocycles. The molecule has 3 rings (SSSR count). The van der Waals surface area contributed by atoms with Gasteiger partial charge < -0.3 is 14.8 Å². The van der Waals surface area contributed by atoms with E-state index in [0.29, 0.717) is 17.9 Å². The van der Waals surface area contributed by atoms with Gasteiger partial charge in [0.15, 0.2) is 6.10 Å². The van der Waals surface area contributed by atoms with Crippen LogP contribution in [0.5, 0.6) is 11.5 Å². The van der Waals surface area contributed by atoms with Crippen molar-refractivity contribution in [1.82, 2.24) is 0 Å². The highest BCUT2D eigenvalue weighted by molar-refractivity contribution is 5.94. The van der Waals surface area contributed by atoms with E-state index < -0.39 is 6.10 Å². The molecular weight excluding hydrogens is 362 g/mol. The van der Waals surface area contributed by atoms with Crippen molar-refractivity contribution in [2.45, 2.75) is 39.4 Å². The topological polar surface area (TPSA) is 47.6 Å². The van der Waals surface area contributed by atoms with Crippen LogP contribution >= 0.6 is 0 Å². The fourth-order valence-corrected chi connectivity index (χ4v) is 2.95. The molecule has 0 aliphatic carbocycles. The number of amides is 1. The number of benzene rings is 3. The molecule has 4 nitrogen and oxygen atoms in total. The number of nitrogens with one attached hydrogen (secondary N) is 1. The van der Waals surface area contributed by atoms with Crippen molar-refractivity contribution in [3.8, 4) is 22.6 Å². The van der Waals surface area contributed by atoms with E-state index in [1.54, 1.807) is 0 Å². The second-order valence-corrected chi connectivity index (χ2v) is 7.09. The molecule has 0 radical (unpaired) electrons.